The van der Waals surface area contributed by atoms with Crippen LogP contribution in [-0.2, 0) is 0 Å². The Kier molecular flexibility index (Phi) is 3.12. The Balaban J connectivity index is 2.17. The molecule has 2 rings (SSSR count). The van der Waals surface area contributed by atoms with Gasteiger partial charge in [-0.1, -0.05) is 11.6 Å². The van der Waals surface area contributed by atoms with Crippen LogP contribution in [-0.4, -0.2) is 20.9 Å². The molecule has 0 aliphatic rings. The molecule has 82 valence electrons. The van der Waals surface area contributed by atoms with Crippen molar-refractivity contribution in [3.8, 4) is 0 Å². The maximum absolute atomic E-state index is 11.7. The zero-order valence-electron chi connectivity index (χ0n) is 8.27. The largest absolute Gasteiger partial charge is 0.290 e. The molecule has 0 spiro atoms. The second-order valence-electron chi connectivity index (χ2n) is 2.92. The predicted molar refractivity (Wildman–Crippen MR) is 61.8 cm³/mol. The van der Waals surface area contributed by atoms with Gasteiger partial charge in [0.2, 0.25) is 5.95 Å². The summed E-state index contributed by atoms with van der Waals surface area (Å²) in [5.74, 6) is -0.0902. The lowest BCUT2D eigenvalue weighted by molar-refractivity contribution is 0.102. The molecule has 2 aromatic rings. The summed E-state index contributed by atoms with van der Waals surface area (Å²) in [6, 6.07) is 1.54. The Bertz CT molecular complexity index is 528. The van der Waals surface area contributed by atoms with Crippen molar-refractivity contribution >= 4 is 34.8 Å². The van der Waals surface area contributed by atoms with Crippen molar-refractivity contribution in [2.45, 2.75) is 6.92 Å². The smallest absolute Gasteiger partial charge is 0.270 e. The van der Waals surface area contributed by atoms with Crippen molar-refractivity contribution in [1.82, 2.24) is 15.0 Å². The van der Waals surface area contributed by atoms with E-state index in [0.717, 1.165) is 0 Å². The first-order chi connectivity index (χ1) is 7.66. The van der Waals surface area contributed by atoms with E-state index < -0.39 is 0 Å². The van der Waals surface area contributed by atoms with E-state index >= 15 is 0 Å². The fraction of sp³-hybridized carbons (Fsp3) is 0.111. The van der Waals surface area contributed by atoms with Gasteiger partial charge in [-0.25, -0.2) is 15.0 Å². The molecule has 0 unspecified atom stereocenters. The summed E-state index contributed by atoms with van der Waals surface area (Å²) in [7, 11) is 0. The van der Waals surface area contributed by atoms with E-state index in [1.807, 2.05) is 0 Å². The van der Waals surface area contributed by atoms with Crippen molar-refractivity contribution in [1.29, 1.82) is 0 Å². The van der Waals surface area contributed by atoms with Crippen molar-refractivity contribution in [3.05, 3.63) is 33.5 Å². The first-order valence-electron chi connectivity index (χ1n) is 4.37. The number of amides is 1. The molecule has 2 heterocycles. The number of nitrogens with one attached hydrogen (secondary N) is 1. The number of hydrogen-bond donors (Lipinski definition) is 1. The number of aromatic nitrogens is 3. The standard InChI is InChI=1S/C9H7ClN4OS/c1-5-7(16-4-12-5)8(15)14-9-11-3-2-6(10)13-9/h2-4H,1H3,(H,11,13,14,15). The van der Waals surface area contributed by atoms with Gasteiger partial charge >= 0.3 is 0 Å². The number of anilines is 1. The molecule has 1 amide bonds. The minimum atomic E-state index is -0.276. The van der Waals surface area contributed by atoms with E-state index in [9.17, 15) is 4.79 Å². The molecule has 7 heteroatoms. The Hall–Kier alpha value is -1.53. The molecule has 0 aliphatic carbocycles. The molecule has 16 heavy (non-hydrogen) atoms. The van der Waals surface area contributed by atoms with E-state index in [1.165, 1.54) is 23.6 Å². The average molecular weight is 255 g/mol. The van der Waals surface area contributed by atoms with Crippen LogP contribution in [0.2, 0.25) is 5.15 Å². The van der Waals surface area contributed by atoms with Crippen molar-refractivity contribution in [2.75, 3.05) is 5.32 Å². The molecule has 5 nitrogen and oxygen atoms in total. The number of hydrogen-bond acceptors (Lipinski definition) is 5. The van der Waals surface area contributed by atoms with Crippen LogP contribution in [0.1, 0.15) is 15.4 Å². The number of carbonyl (C=O) groups excluding carboxylic acids is 1. The highest BCUT2D eigenvalue weighted by Crippen LogP contribution is 2.14. The van der Waals surface area contributed by atoms with Crippen molar-refractivity contribution < 1.29 is 4.79 Å². The summed E-state index contributed by atoms with van der Waals surface area (Å²) in [5.41, 5.74) is 2.30. The van der Waals surface area contributed by atoms with Crippen LogP contribution in [0.3, 0.4) is 0 Å². The maximum Gasteiger partial charge on any atom is 0.270 e. The molecule has 0 bridgehead atoms. The van der Waals surface area contributed by atoms with Gasteiger partial charge in [0, 0.05) is 6.20 Å². The van der Waals surface area contributed by atoms with Gasteiger partial charge in [-0.2, -0.15) is 0 Å². The molecule has 0 saturated carbocycles. The third kappa shape index (κ3) is 2.34. The van der Waals surface area contributed by atoms with Crippen LogP contribution in [0.25, 0.3) is 0 Å². The van der Waals surface area contributed by atoms with Gasteiger partial charge in [0.1, 0.15) is 10.0 Å². The zero-order valence-corrected chi connectivity index (χ0v) is 9.84. The highest BCUT2D eigenvalue weighted by molar-refractivity contribution is 7.12. The molecular weight excluding hydrogens is 248 g/mol. The number of rotatable bonds is 2. The topological polar surface area (TPSA) is 67.8 Å². The van der Waals surface area contributed by atoms with Gasteiger partial charge < -0.3 is 0 Å². The number of aryl methyl sites for hydroxylation is 1. The fourth-order valence-electron chi connectivity index (χ4n) is 1.08. The van der Waals surface area contributed by atoms with Gasteiger partial charge in [-0.05, 0) is 13.0 Å². The Morgan fingerprint density at radius 3 is 2.94 bits per heavy atom. The molecule has 1 N–H and O–H groups in total. The third-order valence-corrected chi connectivity index (χ3v) is 2.94. The van der Waals surface area contributed by atoms with Crippen molar-refractivity contribution in [3.63, 3.8) is 0 Å². The molecule has 0 aliphatic heterocycles. The molecular formula is C9H7ClN4OS. The minimum absolute atomic E-state index is 0.185. The van der Waals surface area contributed by atoms with Gasteiger partial charge in [0.05, 0.1) is 11.2 Å². The summed E-state index contributed by atoms with van der Waals surface area (Å²) in [6.07, 6.45) is 1.48. The van der Waals surface area contributed by atoms with Gasteiger partial charge in [-0.3, -0.25) is 10.1 Å². The quantitative estimate of drug-likeness (QED) is 0.834. The first kappa shape index (κ1) is 11.0. The zero-order chi connectivity index (χ0) is 11.5. The second-order valence-corrected chi connectivity index (χ2v) is 4.17. The minimum Gasteiger partial charge on any atom is -0.290 e. The monoisotopic (exact) mass is 254 g/mol. The predicted octanol–water partition coefficient (Wildman–Crippen LogP) is 2.15. The summed E-state index contributed by atoms with van der Waals surface area (Å²) < 4.78 is 0. The van der Waals surface area contributed by atoms with E-state index in [-0.39, 0.29) is 17.0 Å². The molecule has 0 radical (unpaired) electrons. The van der Waals surface area contributed by atoms with Gasteiger partial charge in [-0.15, -0.1) is 11.3 Å². The lowest BCUT2D eigenvalue weighted by Crippen LogP contribution is -2.13. The number of thiazole rings is 1. The molecule has 0 atom stereocenters. The SMILES string of the molecule is Cc1ncsc1C(=O)Nc1nccc(Cl)n1. The Morgan fingerprint density at radius 2 is 2.31 bits per heavy atom. The normalized spacial score (nSPS) is 10.1. The van der Waals surface area contributed by atoms with Crippen LogP contribution in [0.4, 0.5) is 5.95 Å². The summed E-state index contributed by atoms with van der Waals surface area (Å²) in [6.45, 7) is 1.77. The van der Waals surface area contributed by atoms with Gasteiger partial charge in [0.15, 0.2) is 0 Å². The van der Waals surface area contributed by atoms with Crippen molar-refractivity contribution in [2.24, 2.45) is 0 Å². The average Bonchev–Trinajstić information content (AvgIpc) is 2.64. The Labute approximate surface area is 101 Å². The van der Waals surface area contributed by atoms with Crippen LogP contribution in [0.15, 0.2) is 17.8 Å². The van der Waals surface area contributed by atoms with Crippen LogP contribution in [0, 0.1) is 6.92 Å². The molecule has 2 aromatic heterocycles. The van der Waals surface area contributed by atoms with E-state index in [2.05, 4.69) is 20.3 Å². The van der Waals surface area contributed by atoms with Crippen LogP contribution >= 0.6 is 22.9 Å². The highest BCUT2D eigenvalue weighted by atomic mass is 35.5. The number of halogens is 1. The van der Waals surface area contributed by atoms with Crippen LogP contribution in [0.5, 0.6) is 0 Å². The molecule has 0 aromatic carbocycles. The van der Waals surface area contributed by atoms with E-state index in [0.29, 0.717) is 10.6 Å². The number of carbonyl (C=O) groups is 1. The summed E-state index contributed by atoms with van der Waals surface area (Å²) in [4.78, 5) is 24.0. The summed E-state index contributed by atoms with van der Waals surface area (Å²) >= 11 is 6.94. The third-order valence-electron chi connectivity index (χ3n) is 1.80. The Morgan fingerprint density at radius 1 is 1.50 bits per heavy atom. The lowest BCUT2D eigenvalue weighted by atomic mass is 10.4. The van der Waals surface area contributed by atoms with E-state index in [1.54, 1.807) is 12.4 Å². The van der Waals surface area contributed by atoms with Crippen LogP contribution < -0.4 is 5.32 Å². The fourth-order valence-corrected chi connectivity index (χ4v) is 1.91. The maximum atomic E-state index is 11.7. The number of nitrogens with zero attached hydrogens (tertiary/aromatic N) is 3. The lowest BCUT2D eigenvalue weighted by Gasteiger charge is -2.01. The molecule has 0 saturated heterocycles. The first-order valence-corrected chi connectivity index (χ1v) is 5.62. The highest BCUT2D eigenvalue weighted by Gasteiger charge is 2.12. The molecule has 0 fully saturated rings. The van der Waals surface area contributed by atoms with E-state index in [4.69, 9.17) is 11.6 Å². The second kappa shape index (κ2) is 4.54. The van der Waals surface area contributed by atoms with Gasteiger partial charge in [0.25, 0.3) is 5.91 Å². The summed E-state index contributed by atoms with van der Waals surface area (Å²) in [5, 5.41) is 2.83.